The molecular weight excluding hydrogens is 611 g/mol. The molecule has 2 aromatic rings. The van der Waals surface area contributed by atoms with Crippen molar-refractivity contribution in [2.24, 2.45) is 23.7 Å². The van der Waals surface area contributed by atoms with Gasteiger partial charge < -0.3 is 24.5 Å². The summed E-state index contributed by atoms with van der Waals surface area (Å²) in [7, 11) is 0. The van der Waals surface area contributed by atoms with Gasteiger partial charge in [0.2, 0.25) is 17.7 Å². The van der Waals surface area contributed by atoms with Crippen molar-refractivity contribution in [2.75, 3.05) is 31.2 Å². The summed E-state index contributed by atoms with van der Waals surface area (Å²) in [6, 6.07) is 15.9. The number of hydrogen-bond acceptors (Lipinski definition) is 6. The maximum Gasteiger partial charge on any atom is 0.247 e. The second kappa shape index (κ2) is 14.7. The number of likely N-dealkylation sites (tertiary alicyclic amines) is 1. The first kappa shape index (κ1) is 34.8. The van der Waals surface area contributed by atoms with E-state index in [0.29, 0.717) is 37.6 Å². The SMILES string of the molecule is C=CCN(Cc1ccccc1)C(=O)C1N([C@@H](CO)CC(C)C)C(=O)[C@@H]2[C@H](C(=O)N(CC=C)c3ccc(OCC)cc3)[C@@H]3CC(C)C12S3. The molecule has 252 valence electrons. The van der Waals surface area contributed by atoms with Gasteiger partial charge in [0.15, 0.2) is 0 Å². The predicted molar refractivity (Wildman–Crippen MR) is 188 cm³/mol. The van der Waals surface area contributed by atoms with Crippen molar-refractivity contribution in [1.82, 2.24) is 9.80 Å². The predicted octanol–water partition coefficient (Wildman–Crippen LogP) is 5.56. The van der Waals surface area contributed by atoms with Crippen molar-refractivity contribution in [3.8, 4) is 5.75 Å². The van der Waals surface area contributed by atoms with E-state index in [9.17, 15) is 19.5 Å². The average Bonchev–Trinajstić information content (AvgIpc) is 3.66. The lowest BCUT2D eigenvalue weighted by Crippen LogP contribution is -2.59. The first-order valence-electron chi connectivity index (χ1n) is 16.8. The van der Waals surface area contributed by atoms with Gasteiger partial charge >= 0.3 is 0 Å². The summed E-state index contributed by atoms with van der Waals surface area (Å²) >= 11 is 1.66. The van der Waals surface area contributed by atoms with Gasteiger partial charge in [-0.1, -0.05) is 63.3 Å². The third-order valence-corrected chi connectivity index (χ3v) is 12.0. The van der Waals surface area contributed by atoms with Crippen LogP contribution in [-0.4, -0.2) is 81.0 Å². The average molecular weight is 660 g/mol. The number of amides is 3. The number of ether oxygens (including phenoxy) is 1. The second-order valence-corrected chi connectivity index (χ2v) is 15.0. The van der Waals surface area contributed by atoms with Crippen LogP contribution in [0, 0.1) is 23.7 Å². The van der Waals surface area contributed by atoms with Crippen LogP contribution in [0.4, 0.5) is 5.69 Å². The molecule has 3 heterocycles. The maximum absolute atomic E-state index is 15.0. The molecule has 2 aromatic carbocycles. The van der Waals surface area contributed by atoms with E-state index in [1.165, 1.54) is 0 Å². The summed E-state index contributed by atoms with van der Waals surface area (Å²) < 4.78 is 4.82. The van der Waals surface area contributed by atoms with E-state index in [1.807, 2.05) is 61.5 Å². The van der Waals surface area contributed by atoms with Crippen molar-refractivity contribution in [3.63, 3.8) is 0 Å². The highest BCUT2D eigenvalue weighted by Gasteiger charge is 2.77. The minimum absolute atomic E-state index is 0.00785. The molecule has 9 heteroatoms. The Morgan fingerprint density at radius 2 is 1.77 bits per heavy atom. The fourth-order valence-corrected chi connectivity index (χ4v) is 10.5. The van der Waals surface area contributed by atoms with Crippen LogP contribution in [0.5, 0.6) is 5.75 Å². The summed E-state index contributed by atoms with van der Waals surface area (Å²) in [5, 5.41) is 10.6. The second-order valence-electron chi connectivity index (χ2n) is 13.4. The maximum atomic E-state index is 15.0. The molecule has 3 aliphatic heterocycles. The van der Waals surface area contributed by atoms with Crippen LogP contribution >= 0.6 is 11.8 Å². The molecule has 3 unspecified atom stereocenters. The Morgan fingerprint density at radius 3 is 2.36 bits per heavy atom. The van der Waals surface area contributed by atoms with Crippen molar-refractivity contribution >= 4 is 35.2 Å². The quantitative estimate of drug-likeness (QED) is 0.252. The highest BCUT2D eigenvalue weighted by Crippen LogP contribution is 2.69. The number of thioether (sulfide) groups is 1. The summed E-state index contributed by atoms with van der Waals surface area (Å²) in [5.74, 6) is -0.896. The number of hydrogen-bond donors (Lipinski definition) is 1. The van der Waals surface area contributed by atoms with Crippen molar-refractivity contribution < 1.29 is 24.2 Å². The molecule has 47 heavy (non-hydrogen) atoms. The molecule has 2 bridgehead atoms. The molecule has 0 aromatic heterocycles. The zero-order valence-corrected chi connectivity index (χ0v) is 28.9. The van der Waals surface area contributed by atoms with Crippen molar-refractivity contribution in [1.29, 1.82) is 0 Å². The van der Waals surface area contributed by atoms with Crippen molar-refractivity contribution in [2.45, 2.75) is 69.2 Å². The number of nitrogens with zero attached hydrogens (tertiary/aromatic N) is 3. The largest absolute Gasteiger partial charge is 0.494 e. The van der Waals surface area contributed by atoms with Gasteiger partial charge in [0.25, 0.3) is 0 Å². The molecule has 1 spiro atoms. The lowest BCUT2D eigenvalue weighted by molar-refractivity contribution is -0.146. The number of carbonyl (C=O) groups is 3. The monoisotopic (exact) mass is 659 g/mol. The highest BCUT2D eigenvalue weighted by molar-refractivity contribution is 8.02. The number of aliphatic hydroxyl groups is 1. The highest BCUT2D eigenvalue weighted by atomic mass is 32.2. The fourth-order valence-electron chi connectivity index (χ4n) is 8.12. The minimum Gasteiger partial charge on any atom is -0.494 e. The van der Waals surface area contributed by atoms with Crippen LogP contribution in [-0.2, 0) is 20.9 Å². The van der Waals surface area contributed by atoms with Gasteiger partial charge in [0.1, 0.15) is 11.8 Å². The van der Waals surface area contributed by atoms with Gasteiger partial charge in [0, 0.05) is 30.6 Å². The molecule has 3 aliphatic rings. The molecular formula is C38H49N3O5S. The van der Waals surface area contributed by atoms with E-state index < -0.39 is 28.7 Å². The molecule has 7 atom stereocenters. The van der Waals surface area contributed by atoms with E-state index in [4.69, 9.17) is 4.74 Å². The van der Waals surface area contributed by atoms with Crippen LogP contribution in [0.2, 0.25) is 0 Å². The smallest absolute Gasteiger partial charge is 0.247 e. The van der Waals surface area contributed by atoms with E-state index >= 15 is 0 Å². The summed E-state index contributed by atoms with van der Waals surface area (Å²) in [6.45, 7) is 17.3. The third-order valence-electron chi connectivity index (χ3n) is 9.96. The summed E-state index contributed by atoms with van der Waals surface area (Å²) in [4.78, 5) is 49.7. The molecule has 3 amide bonds. The zero-order valence-electron chi connectivity index (χ0n) is 28.1. The number of rotatable bonds is 15. The molecule has 0 saturated carbocycles. The van der Waals surface area contributed by atoms with E-state index in [0.717, 1.165) is 12.0 Å². The Hall–Kier alpha value is -3.56. The Balaban J connectivity index is 1.58. The molecule has 3 saturated heterocycles. The van der Waals surface area contributed by atoms with Gasteiger partial charge in [-0.25, -0.2) is 0 Å². The van der Waals surface area contributed by atoms with Gasteiger partial charge in [0.05, 0.1) is 35.8 Å². The van der Waals surface area contributed by atoms with E-state index in [-0.39, 0.29) is 48.0 Å². The Morgan fingerprint density at radius 1 is 1.09 bits per heavy atom. The first-order chi connectivity index (χ1) is 22.6. The summed E-state index contributed by atoms with van der Waals surface area (Å²) in [5.41, 5.74) is 1.68. The standard InChI is InChI=1S/C38H49N3O5S/c1-7-19-39(23-27-13-11-10-12-14-27)37(45)34-38-26(6)22-31(47-38)32(33(38)36(44)41(34)29(24-42)21-25(4)5)35(43)40(20-8-2)28-15-17-30(18-16-28)46-9-3/h7-8,10-18,25-26,29,31-34,42H,1-2,9,19-24H2,3-6H3/t26?,29-,31+,32-,33+,34?,38?/m1/s1. The van der Waals surface area contributed by atoms with Crippen molar-refractivity contribution in [3.05, 3.63) is 85.5 Å². The number of fused-ring (bicyclic) bond motifs is 1. The van der Waals surface area contributed by atoms with Crippen LogP contribution in [0.15, 0.2) is 79.9 Å². The Bertz CT molecular complexity index is 1450. The normalized spacial score (nSPS) is 26.6. The zero-order chi connectivity index (χ0) is 33.9. The van der Waals surface area contributed by atoms with Crippen LogP contribution in [0.25, 0.3) is 0 Å². The molecule has 3 fully saturated rings. The number of benzene rings is 2. The molecule has 0 radical (unpaired) electrons. The van der Waals surface area contributed by atoms with Gasteiger partial charge in [-0.15, -0.1) is 24.9 Å². The minimum atomic E-state index is -0.819. The van der Waals surface area contributed by atoms with Gasteiger partial charge in [-0.2, -0.15) is 0 Å². The third kappa shape index (κ3) is 6.36. The molecule has 0 aliphatic carbocycles. The molecule has 1 N–H and O–H groups in total. The van der Waals surface area contributed by atoms with E-state index in [2.05, 4.69) is 33.9 Å². The van der Waals surface area contributed by atoms with Crippen LogP contribution < -0.4 is 9.64 Å². The Kier molecular flexibility index (Phi) is 10.9. The number of carbonyl (C=O) groups excluding carboxylic acids is 3. The number of aliphatic hydroxyl groups excluding tert-OH is 1. The van der Waals surface area contributed by atoms with Gasteiger partial charge in [-0.3, -0.25) is 14.4 Å². The van der Waals surface area contributed by atoms with Gasteiger partial charge in [-0.05, 0) is 61.4 Å². The topological polar surface area (TPSA) is 90.4 Å². The molecule has 5 rings (SSSR count). The fraction of sp³-hybridized carbons (Fsp3) is 0.500. The number of anilines is 1. The van der Waals surface area contributed by atoms with E-state index in [1.54, 1.807) is 38.6 Å². The first-order valence-corrected chi connectivity index (χ1v) is 17.7. The lowest BCUT2D eigenvalue weighted by atomic mass is 9.65. The lowest BCUT2D eigenvalue weighted by Gasteiger charge is -2.42. The van der Waals surface area contributed by atoms with Crippen LogP contribution in [0.3, 0.4) is 0 Å². The van der Waals surface area contributed by atoms with Crippen LogP contribution in [0.1, 0.15) is 46.1 Å². The summed E-state index contributed by atoms with van der Waals surface area (Å²) in [6.07, 6.45) is 4.68. The molecule has 8 nitrogen and oxygen atoms in total. The Labute approximate surface area is 283 Å².